The summed E-state index contributed by atoms with van der Waals surface area (Å²) in [6.45, 7) is 5.48. The van der Waals surface area contributed by atoms with Crippen LogP contribution in [0.2, 0.25) is 0 Å². The average Bonchev–Trinajstić information content (AvgIpc) is 3.14. The van der Waals surface area contributed by atoms with Crippen molar-refractivity contribution in [1.29, 1.82) is 0 Å². The summed E-state index contributed by atoms with van der Waals surface area (Å²) in [5, 5.41) is 1.33. The van der Waals surface area contributed by atoms with Crippen LogP contribution in [0.15, 0.2) is 60.7 Å². The Morgan fingerprint density at radius 2 is 1.52 bits per heavy atom. The van der Waals surface area contributed by atoms with E-state index in [9.17, 15) is 0 Å². The quantitative estimate of drug-likeness (QED) is 0.758. The molecule has 3 aliphatic rings. The molecule has 0 N–H and O–H groups in total. The van der Waals surface area contributed by atoms with Gasteiger partial charge in [-0.25, -0.2) is 0 Å². The van der Waals surface area contributed by atoms with Crippen molar-refractivity contribution in [2.45, 2.75) is 38.5 Å². The maximum atomic E-state index is 15.0. The maximum Gasteiger partial charge on any atom is 0.174 e. The van der Waals surface area contributed by atoms with Crippen LogP contribution in [0.3, 0.4) is 0 Å². The predicted molar refractivity (Wildman–Crippen MR) is 102 cm³/mol. The molecule has 5 rings (SSSR count). The standard InChI is InChI=1S/C22H25O2P/c1-20-16-24-22(15-17(20)13-14-21(20,22)2)25(23,18-9-5-3-6-10-18)19-11-7-4-8-12-19/h3-12,17H,13-16H2,1-2H3/t17-,20-,21+,22-/m1/s1. The average molecular weight is 352 g/mol. The van der Waals surface area contributed by atoms with Gasteiger partial charge < -0.3 is 9.30 Å². The molecule has 2 aliphatic carbocycles. The summed E-state index contributed by atoms with van der Waals surface area (Å²) in [5.74, 6) is 0.631. The van der Waals surface area contributed by atoms with Crippen LogP contribution in [0.5, 0.6) is 0 Å². The van der Waals surface area contributed by atoms with Gasteiger partial charge in [-0.15, -0.1) is 0 Å². The molecule has 1 saturated heterocycles. The van der Waals surface area contributed by atoms with E-state index in [2.05, 4.69) is 13.8 Å². The van der Waals surface area contributed by atoms with E-state index in [1.165, 1.54) is 6.42 Å². The highest BCUT2D eigenvalue weighted by Crippen LogP contribution is 2.84. The molecule has 2 saturated carbocycles. The van der Waals surface area contributed by atoms with Crippen LogP contribution < -0.4 is 10.6 Å². The van der Waals surface area contributed by atoms with Gasteiger partial charge in [0.15, 0.2) is 7.14 Å². The molecule has 2 aromatic rings. The number of hydrogen-bond donors (Lipinski definition) is 0. The molecular weight excluding hydrogens is 327 g/mol. The van der Waals surface area contributed by atoms with E-state index < -0.39 is 12.5 Å². The number of rotatable bonds is 3. The molecule has 0 unspecified atom stereocenters. The van der Waals surface area contributed by atoms with Crippen molar-refractivity contribution >= 4 is 17.8 Å². The fourth-order valence-electron chi connectivity index (χ4n) is 6.22. The van der Waals surface area contributed by atoms with Gasteiger partial charge in [-0.1, -0.05) is 74.5 Å². The molecule has 2 aromatic carbocycles. The highest BCUT2D eigenvalue weighted by Gasteiger charge is 2.80. The Balaban J connectivity index is 1.81. The summed E-state index contributed by atoms with van der Waals surface area (Å²) in [5.41, 5.74) is 0.137. The Bertz CT molecular complexity index is 821. The fraction of sp³-hybridized carbons (Fsp3) is 0.455. The molecule has 0 aromatic heterocycles. The van der Waals surface area contributed by atoms with Gasteiger partial charge >= 0.3 is 0 Å². The SMILES string of the molecule is C[C@@]12CC[C@@H]3C[C@]1(P(=O)(c1ccccc1)c1ccccc1)OC[C@]32C. The van der Waals surface area contributed by atoms with Crippen LogP contribution in [0.1, 0.15) is 33.1 Å². The monoisotopic (exact) mass is 352 g/mol. The van der Waals surface area contributed by atoms with Crippen molar-refractivity contribution in [3.05, 3.63) is 60.7 Å². The van der Waals surface area contributed by atoms with Gasteiger partial charge in [0.05, 0.1) is 6.61 Å². The Kier molecular flexibility index (Phi) is 3.09. The minimum atomic E-state index is -2.93. The Morgan fingerprint density at radius 1 is 0.960 bits per heavy atom. The van der Waals surface area contributed by atoms with Crippen molar-refractivity contribution in [3.8, 4) is 0 Å². The molecule has 0 radical (unpaired) electrons. The van der Waals surface area contributed by atoms with Gasteiger partial charge in [0.25, 0.3) is 0 Å². The van der Waals surface area contributed by atoms with Crippen molar-refractivity contribution in [3.63, 3.8) is 0 Å². The van der Waals surface area contributed by atoms with Gasteiger partial charge in [-0.2, -0.15) is 0 Å². The fourth-order valence-corrected chi connectivity index (χ4v) is 10.3. The second kappa shape index (κ2) is 4.87. The zero-order chi connectivity index (χ0) is 17.3. The minimum Gasteiger partial charge on any atom is -0.365 e. The van der Waals surface area contributed by atoms with Crippen LogP contribution in [-0.4, -0.2) is 11.9 Å². The first kappa shape index (κ1) is 15.9. The first-order valence-electron chi connectivity index (χ1n) is 9.33. The van der Waals surface area contributed by atoms with Gasteiger partial charge in [0.1, 0.15) is 5.34 Å². The van der Waals surface area contributed by atoms with E-state index in [1.807, 2.05) is 60.7 Å². The number of benzene rings is 2. The highest BCUT2D eigenvalue weighted by molar-refractivity contribution is 7.80. The third-order valence-electron chi connectivity index (χ3n) is 7.90. The lowest BCUT2D eigenvalue weighted by Crippen LogP contribution is -2.48. The summed E-state index contributed by atoms with van der Waals surface area (Å²) < 4.78 is 21.6. The number of hydrogen-bond acceptors (Lipinski definition) is 2. The lowest BCUT2D eigenvalue weighted by atomic mass is 9.71. The lowest BCUT2D eigenvalue weighted by Gasteiger charge is -2.47. The summed E-state index contributed by atoms with van der Waals surface area (Å²) >= 11 is 0. The summed E-state index contributed by atoms with van der Waals surface area (Å²) in [7, 11) is -2.93. The van der Waals surface area contributed by atoms with Crippen LogP contribution >= 0.6 is 7.14 Å². The molecule has 0 amide bonds. The Labute approximate surface area is 150 Å². The molecule has 25 heavy (non-hydrogen) atoms. The molecule has 2 nitrogen and oxygen atoms in total. The van der Waals surface area contributed by atoms with Gasteiger partial charge in [0, 0.05) is 21.4 Å². The van der Waals surface area contributed by atoms with Crippen LogP contribution in [-0.2, 0) is 9.30 Å². The molecule has 130 valence electrons. The molecular formula is C22H25O2P. The lowest BCUT2D eigenvalue weighted by molar-refractivity contribution is -0.0223. The summed E-state index contributed by atoms with van der Waals surface area (Å²) in [4.78, 5) is 0. The topological polar surface area (TPSA) is 26.3 Å². The summed E-state index contributed by atoms with van der Waals surface area (Å²) in [6.07, 6.45) is 3.31. The molecule has 4 atom stereocenters. The van der Waals surface area contributed by atoms with Gasteiger partial charge in [0.2, 0.25) is 0 Å². The first-order valence-corrected chi connectivity index (χ1v) is 11.0. The van der Waals surface area contributed by atoms with E-state index in [1.54, 1.807) is 0 Å². The predicted octanol–water partition coefficient (Wildman–Crippen LogP) is 4.55. The summed E-state index contributed by atoms with van der Waals surface area (Å²) in [6, 6.07) is 20.2. The van der Waals surface area contributed by atoms with Gasteiger partial charge in [-0.05, 0) is 25.2 Å². The third-order valence-corrected chi connectivity index (χ3v) is 11.8. The molecule has 0 spiro atoms. The normalized spacial score (nSPS) is 39.0. The molecule has 1 aliphatic heterocycles. The Hall–Kier alpha value is -1.37. The maximum absolute atomic E-state index is 15.0. The second-order valence-electron chi connectivity index (χ2n) is 8.54. The smallest absolute Gasteiger partial charge is 0.174 e. The van der Waals surface area contributed by atoms with Crippen LogP contribution in [0.25, 0.3) is 0 Å². The van der Waals surface area contributed by atoms with E-state index in [-0.39, 0.29) is 10.8 Å². The first-order chi connectivity index (χ1) is 12.0. The molecule has 3 fully saturated rings. The third kappa shape index (κ3) is 1.60. The molecule has 4 bridgehead atoms. The zero-order valence-electron chi connectivity index (χ0n) is 14.9. The second-order valence-corrected chi connectivity index (χ2v) is 11.5. The largest absolute Gasteiger partial charge is 0.365 e. The Morgan fingerprint density at radius 3 is 2.00 bits per heavy atom. The van der Waals surface area contributed by atoms with Crippen LogP contribution in [0.4, 0.5) is 0 Å². The molecule has 1 heterocycles. The molecule has 3 heteroatoms. The van der Waals surface area contributed by atoms with Crippen molar-refractivity contribution in [2.24, 2.45) is 16.7 Å². The van der Waals surface area contributed by atoms with E-state index in [0.717, 1.165) is 30.1 Å². The zero-order valence-corrected chi connectivity index (χ0v) is 15.8. The number of ether oxygens (including phenoxy) is 1. The van der Waals surface area contributed by atoms with E-state index in [4.69, 9.17) is 4.74 Å². The van der Waals surface area contributed by atoms with Crippen molar-refractivity contribution in [1.82, 2.24) is 0 Å². The highest BCUT2D eigenvalue weighted by atomic mass is 31.2. The van der Waals surface area contributed by atoms with E-state index >= 15 is 4.57 Å². The van der Waals surface area contributed by atoms with Crippen LogP contribution in [0, 0.1) is 16.7 Å². The van der Waals surface area contributed by atoms with Crippen molar-refractivity contribution < 1.29 is 9.30 Å². The minimum absolute atomic E-state index is 0.0219. The van der Waals surface area contributed by atoms with E-state index in [0.29, 0.717) is 5.92 Å². The van der Waals surface area contributed by atoms with Crippen molar-refractivity contribution in [2.75, 3.05) is 6.61 Å². The van der Waals surface area contributed by atoms with Gasteiger partial charge in [-0.3, -0.25) is 0 Å².